The summed E-state index contributed by atoms with van der Waals surface area (Å²) in [5.41, 5.74) is 0.978. The molecule has 1 atom stereocenters. The summed E-state index contributed by atoms with van der Waals surface area (Å²) in [5, 5.41) is 6.41. The second kappa shape index (κ2) is 9.36. The number of piperazine rings is 1. The van der Waals surface area contributed by atoms with Crippen LogP contribution in [0.3, 0.4) is 0 Å². The number of aliphatic imine (C=N–C) groups is 1. The van der Waals surface area contributed by atoms with Gasteiger partial charge in [0.15, 0.2) is 11.1 Å². The van der Waals surface area contributed by atoms with E-state index >= 15 is 0 Å². The molecule has 2 saturated heterocycles. The molecule has 1 amide bonds. The summed E-state index contributed by atoms with van der Waals surface area (Å²) in [6.07, 6.45) is 1.61. The molecule has 2 fully saturated rings. The van der Waals surface area contributed by atoms with Crippen molar-refractivity contribution in [3.8, 4) is 0 Å². The zero-order valence-electron chi connectivity index (χ0n) is 16.5. The van der Waals surface area contributed by atoms with Crippen molar-refractivity contribution < 1.29 is 9.53 Å². The number of nitrogens with zero attached hydrogens (tertiary/aromatic N) is 5. The zero-order valence-corrected chi connectivity index (χ0v) is 17.3. The molecule has 150 valence electrons. The summed E-state index contributed by atoms with van der Waals surface area (Å²) >= 11 is 1.63. The van der Waals surface area contributed by atoms with Gasteiger partial charge in [-0.05, 0) is 19.8 Å². The van der Waals surface area contributed by atoms with Crippen LogP contribution in [0.5, 0.6) is 0 Å². The molecule has 2 aliphatic heterocycles. The fourth-order valence-corrected chi connectivity index (χ4v) is 4.02. The van der Waals surface area contributed by atoms with Crippen LogP contribution in [0.4, 0.5) is 5.13 Å². The van der Waals surface area contributed by atoms with Gasteiger partial charge in [0, 0.05) is 58.8 Å². The Bertz CT molecular complexity index is 648. The topological polar surface area (TPSA) is 73.3 Å². The molecule has 1 aromatic heterocycles. The van der Waals surface area contributed by atoms with Crippen LogP contribution in [0.1, 0.15) is 25.5 Å². The highest BCUT2D eigenvalue weighted by atomic mass is 32.1. The summed E-state index contributed by atoms with van der Waals surface area (Å²) in [6.45, 7) is 7.14. The molecule has 3 heterocycles. The maximum atomic E-state index is 12.5. The van der Waals surface area contributed by atoms with Gasteiger partial charge in [-0.15, -0.1) is 11.3 Å². The van der Waals surface area contributed by atoms with Crippen LogP contribution >= 0.6 is 11.3 Å². The maximum Gasteiger partial charge on any atom is 0.251 e. The molecule has 0 aliphatic carbocycles. The molecule has 0 spiro atoms. The largest absolute Gasteiger partial charge is 0.368 e. The standard InChI is InChI=1S/C18H30N6O2S/c1-4-19-17(20-12-14-13-27-18(21-14)22(2)3)24-9-7-23(8-10-24)16(25)15-6-5-11-26-15/h13,15H,4-12H2,1-3H3,(H,19,20). The van der Waals surface area contributed by atoms with E-state index in [-0.39, 0.29) is 12.0 Å². The summed E-state index contributed by atoms with van der Waals surface area (Å²) in [4.78, 5) is 28.0. The van der Waals surface area contributed by atoms with E-state index in [4.69, 9.17) is 9.73 Å². The Hall–Kier alpha value is -1.87. The lowest BCUT2D eigenvalue weighted by atomic mass is 10.2. The minimum Gasteiger partial charge on any atom is -0.368 e. The monoisotopic (exact) mass is 394 g/mol. The van der Waals surface area contributed by atoms with Gasteiger partial charge >= 0.3 is 0 Å². The first kappa shape index (κ1) is 19.9. The highest BCUT2D eigenvalue weighted by Crippen LogP contribution is 2.19. The fraction of sp³-hybridized carbons (Fsp3) is 0.722. The number of ether oxygens (including phenoxy) is 1. The Morgan fingerprint density at radius 3 is 2.70 bits per heavy atom. The van der Waals surface area contributed by atoms with Gasteiger partial charge in [0.1, 0.15) is 6.10 Å². The van der Waals surface area contributed by atoms with E-state index in [1.165, 1.54) is 0 Å². The molecule has 0 aromatic carbocycles. The average molecular weight is 395 g/mol. The van der Waals surface area contributed by atoms with E-state index in [2.05, 4.69) is 27.5 Å². The number of aromatic nitrogens is 1. The van der Waals surface area contributed by atoms with Crippen molar-refractivity contribution in [1.82, 2.24) is 20.1 Å². The third-order valence-corrected chi connectivity index (χ3v) is 5.80. The van der Waals surface area contributed by atoms with Gasteiger partial charge in [-0.25, -0.2) is 9.98 Å². The van der Waals surface area contributed by atoms with E-state index in [9.17, 15) is 4.79 Å². The predicted octanol–water partition coefficient (Wildman–Crippen LogP) is 0.998. The first-order valence-corrected chi connectivity index (χ1v) is 10.5. The zero-order chi connectivity index (χ0) is 19.2. The van der Waals surface area contributed by atoms with Crippen molar-refractivity contribution >= 4 is 28.3 Å². The van der Waals surface area contributed by atoms with Crippen molar-refractivity contribution in [2.75, 3.05) is 58.3 Å². The molecule has 8 nitrogen and oxygen atoms in total. The van der Waals surface area contributed by atoms with Crippen LogP contribution < -0.4 is 10.2 Å². The molecule has 0 radical (unpaired) electrons. The van der Waals surface area contributed by atoms with Crippen molar-refractivity contribution in [2.45, 2.75) is 32.4 Å². The van der Waals surface area contributed by atoms with Gasteiger partial charge in [-0.2, -0.15) is 0 Å². The molecule has 2 aliphatic rings. The molecule has 0 saturated carbocycles. The van der Waals surface area contributed by atoms with E-state index in [1.54, 1.807) is 11.3 Å². The van der Waals surface area contributed by atoms with Crippen molar-refractivity contribution in [3.63, 3.8) is 0 Å². The number of anilines is 1. The number of amides is 1. The number of nitrogens with one attached hydrogen (secondary N) is 1. The molecule has 1 aromatic rings. The van der Waals surface area contributed by atoms with Gasteiger partial charge in [0.2, 0.25) is 0 Å². The normalized spacial score (nSPS) is 20.9. The quantitative estimate of drug-likeness (QED) is 0.593. The Morgan fingerprint density at radius 2 is 2.11 bits per heavy atom. The summed E-state index contributed by atoms with van der Waals surface area (Å²) in [6, 6.07) is 0. The number of hydrogen-bond donors (Lipinski definition) is 1. The highest BCUT2D eigenvalue weighted by molar-refractivity contribution is 7.13. The first-order chi connectivity index (χ1) is 13.1. The molecule has 9 heteroatoms. The van der Waals surface area contributed by atoms with Crippen LogP contribution in [0.25, 0.3) is 0 Å². The van der Waals surface area contributed by atoms with E-state index in [0.29, 0.717) is 26.2 Å². The Morgan fingerprint density at radius 1 is 1.37 bits per heavy atom. The predicted molar refractivity (Wildman–Crippen MR) is 108 cm³/mol. The fourth-order valence-electron chi connectivity index (χ4n) is 3.27. The van der Waals surface area contributed by atoms with Gasteiger partial charge in [0.05, 0.1) is 12.2 Å². The molecular weight excluding hydrogens is 364 g/mol. The second-order valence-corrected chi connectivity index (χ2v) is 7.84. The average Bonchev–Trinajstić information content (AvgIpc) is 3.36. The van der Waals surface area contributed by atoms with Gasteiger partial charge < -0.3 is 24.8 Å². The van der Waals surface area contributed by atoms with Gasteiger partial charge in [-0.3, -0.25) is 4.79 Å². The maximum absolute atomic E-state index is 12.5. The Labute approximate surface area is 165 Å². The van der Waals surface area contributed by atoms with E-state index in [1.807, 2.05) is 23.9 Å². The Balaban J connectivity index is 1.56. The van der Waals surface area contributed by atoms with E-state index < -0.39 is 0 Å². The van der Waals surface area contributed by atoms with Crippen LogP contribution in [0.2, 0.25) is 0 Å². The van der Waals surface area contributed by atoms with Crippen LogP contribution in [0.15, 0.2) is 10.4 Å². The number of hydrogen-bond acceptors (Lipinski definition) is 6. The first-order valence-electron chi connectivity index (χ1n) is 9.64. The lowest BCUT2D eigenvalue weighted by Crippen LogP contribution is -2.55. The molecule has 1 unspecified atom stereocenters. The van der Waals surface area contributed by atoms with Gasteiger partial charge in [0.25, 0.3) is 5.91 Å². The van der Waals surface area contributed by atoms with Crippen molar-refractivity contribution in [2.24, 2.45) is 4.99 Å². The molecule has 1 N–H and O–H groups in total. The smallest absolute Gasteiger partial charge is 0.251 e. The number of carbonyl (C=O) groups excluding carboxylic acids is 1. The van der Waals surface area contributed by atoms with Crippen LogP contribution in [0, 0.1) is 0 Å². The van der Waals surface area contributed by atoms with Gasteiger partial charge in [-0.1, -0.05) is 0 Å². The second-order valence-electron chi connectivity index (χ2n) is 7.00. The number of rotatable bonds is 5. The lowest BCUT2D eigenvalue weighted by molar-refractivity contribution is -0.142. The summed E-state index contributed by atoms with van der Waals surface area (Å²) in [7, 11) is 3.99. The summed E-state index contributed by atoms with van der Waals surface area (Å²) < 4.78 is 5.54. The van der Waals surface area contributed by atoms with Crippen LogP contribution in [-0.4, -0.2) is 86.2 Å². The highest BCUT2D eigenvalue weighted by Gasteiger charge is 2.30. The Kier molecular flexibility index (Phi) is 6.89. The number of guanidine groups is 1. The van der Waals surface area contributed by atoms with Crippen molar-refractivity contribution in [1.29, 1.82) is 0 Å². The minimum absolute atomic E-state index is 0.146. The number of carbonyl (C=O) groups is 1. The minimum atomic E-state index is -0.228. The van der Waals surface area contributed by atoms with E-state index in [0.717, 1.165) is 49.3 Å². The summed E-state index contributed by atoms with van der Waals surface area (Å²) in [5.74, 6) is 1.04. The number of thiazole rings is 1. The SMILES string of the molecule is CCNC(=NCc1csc(N(C)C)n1)N1CCN(C(=O)C2CCCO2)CC1. The molecular formula is C18H30N6O2S. The molecule has 27 heavy (non-hydrogen) atoms. The van der Waals surface area contributed by atoms with Crippen molar-refractivity contribution in [3.05, 3.63) is 11.1 Å². The molecule has 3 rings (SSSR count). The molecule has 0 bridgehead atoms. The third-order valence-electron chi connectivity index (χ3n) is 4.74. The van der Waals surface area contributed by atoms with Crippen LogP contribution in [-0.2, 0) is 16.1 Å². The lowest BCUT2D eigenvalue weighted by Gasteiger charge is -2.37. The third kappa shape index (κ3) is 5.10.